The molecule has 8 nitrogen and oxygen atoms in total. The van der Waals surface area contributed by atoms with Crippen molar-refractivity contribution in [2.75, 3.05) is 18.7 Å². The number of anilines is 1. The van der Waals surface area contributed by atoms with Crippen molar-refractivity contribution in [1.82, 2.24) is 5.48 Å². The molecule has 0 radical (unpaired) electrons. The Morgan fingerprint density at radius 2 is 1.84 bits per heavy atom. The molecule has 0 saturated heterocycles. The minimum absolute atomic E-state index is 0.116. The average molecular weight is 447 g/mol. The molecule has 0 bridgehead atoms. The van der Waals surface area contributed by atoms with E-state index in [0.717, 1.165) is 11.0 Å². The van der Waals surface area contributed by atoms with E-state index in [1.165, 1.54) is 24.7 Å². The van der Waals surface area contributed by atoms with Gasteiger partial charge in [0.25, 0.3) is 5.91 Å². The normalized spacial score (nSPS) is 12.3. The molecule has 0 unspecified atom stereocenters. The molecule has 0 spiro atoms. The van der Waals surface area contributed by atoms with Crippen LogP contribution in [0.1, 0.15) is 25.5 Å². The molecule has 2 aromatic carbocycles. The molecule has 0 aromatic heterocycles. The number of carbonyl (C=O) groups is 2. The standard InChI is InChI=1S/C22H26N2O6S/c1-22(2,12-11-19(26)24-28)20(14-5-10-18(29-3)17(25)13-14)30-21(27)23-15-6-8-16(31-4)9-7-15/h5-13,20,25,28H,1-4H3,(H,23,27)(H,24,26)/b12-11+/t20-/m0/s1. The third-order valence-electron chi connectivity index (χ3n) is 4.52. The number of benzene rings is 2. The lowest BCUT2D eigenvalue weighted by atomic mass is 9.82. The Morgan fingerprint density at radius 3 is 2.39 bits per heavy atom. The number of hydrogen-bond acceptors (Lipinski definition) is 7. The van der Waals surface area contributed by atoms with Crippen molar-refractivity contribution in [3.63, 3.8) is 0 Å². The SMILES string of the molecule is COc1ccc([C@H](OC(=O)Nc2ccc(SC)cc2)C(C)(C)/C=C/C(=O)NO)cc1O. The van der Waals surface area contributed by atoms with E-state index < -0.39 is 23.5 Å². The molecule has 9 heteroatoms. The van der Waals surface area contributed by atoms with Crippen molar-refractivity contribution < 1.29 is 29.4 Å². The number of hydrogen-bond donors (Lipinski definition) is 4. The summed E-state index contributed by atoms with van der Waals surface area (Å²) in [5.41, 5.74) is 1.69. The second-order valence-corrected chi connectivity index (χ2v) is 8.08. The number of carbonyl (C=O) groups excluding carboxylic acids is 2. The minimum atomic E-state index is -0.881. The van der Waals surface area contributed by atoms with Gasteiger partial charge >= 0.3 is 6.09 Å². The first-order valence-electron chi connectivity index (χ1n) is 9.32. The summed E-state index contributed by atoms with van der Waals surface area (Å²) >= 11 is 1.59. The second-order valence-electron chi connectivity index (χ2n) is 7.20. The van der Waals surface area contributed by atoms with Gasteiger partial charge in [-0.15, -0.1) is 11.8 Å². The first kappa shape index (κ1) is 24.1. The molecule has 1 atom stereocenters. The molecule has 0 aliphatic heterocycles. The van der Waals surface area contributed by atoms with Gasteiger partial charge in [-0.1, -0.05) is 26.0 Å². The van der Waals surface area contributed by atoms with Crippen LogP contribution in [-0.2, 0) is 9.53 Å². The van der Waals surface area contributed by atoms with Crippen molar-refractivity contribution in [1.29, 1.82) is 0 Å². The van der Waals surface area contributed by atoms with Crippen LogP contribution in [-0.4, -0.2) is 35.7 Å². The molecule has 2 rings (SSSR count). The summed E-state index contributed by atoms with van der Waals surface area (Å²) in [6.45, 7) is 3.50. The topological polar surface area (TPSA) is 117 Å². The Morgan fingerprint density at radius 1 is 1.16 bits per heavy atom. The van der Waals surface area contributed by atoms with Crippen LogP contribution in [0.2, 0.25) is 0 Å². The van der Waals surface area contributed by atoms with Gasteiger partial charge in [0.1, 0.15) is 6.10 Å². The largest absolute Gasteiger partial charge is 0.504 e. The second kappa shape index (κ2) is 10.7. The molecular formula is C22H26N2O6S. The lowest BCUT2D eigenvalue weighted by molar-refractivity contribution is -0.124. The quantitative estimate of drug-likeness (QED) is 0.204. The van der Waals surface area contributed by atoms with E-state index in [1.54, 1.807) is 49.9 Å². The van der Waals surface area contributed by atoms with Crippen LogP contribution in [0.25, 0.3) is 0 Å². The zero-order valence-electron chi connectivity index (χ0n) is 17.7. The molecule has 0 heterocycles. The number of amides is 2. The van der Waals surface area contributed by atoms with E-state index in [2.05, 4.69) is 5.32 Å². The highest BCUT2D eigenvalue weighted by Crippen LogP contribution is 2.41. The first-order chi connectivity index (χ1) is 14.7. The van der Waals surface area contributed by atoms with Gasteiger partial charge in [-0.3, -0.25) is 15.3 Å². The van der Waals surface area contributed by atoms with Crippen molar-refractivity contribution >= 4 is 29.4 Å². The fraction of sp³-hybridized carbons (Fsp3) is 0.273. The summed E-state index contributed by atoms with van der Waals surface area (Å²) in [6, 6.07) is 11.9. The summed E-state index contributed by atoms with van der Waals surface area (Å²) in [5.74, 6) is -0.564. The maximum absolute atomic E-state index is 12.6. The lowest BCUT2D eigenvalue weighted by Crippen LogP contribution is -2.28. The highest BCUT2D eigenvalue weighted by atomic mass is 32.2. The highest BCUT2D eigenvalue weighted by Gasteiger charge is 2.33. The molecule has 0 fully saturated rings. The number of thioether (sulfide) groups is 1. The Labute approximate surface area is 185 Å². The summed E-state index contributed by atoms with van der Waals surface area (Å²) in [5, 5.41) is 21.6. The maximum atomic E-state index is 12.6. The van der Waals surface area contributed by atoms with E-state index in [0.29, 0.717) is 11.3 Å². The van der Waals surface area contributed by atoms with Crippen LogP contribution in [0, 0.1) is 5.41 Å². The van der Waals surface area contributed by atoms with Crippen LogP contribution in [0.4, 0.5) is 10.5 Å². The van der Waals surface area contributed by atoms with Gasteiger partial charge < -0.3 is 14.6 Å². The van der Waals surface area contributed by atoms with Crippen molar-refractivity contribution in [2.24, 2.45) is 5.41 Å². The number of rotatable bonds is 8. The fourth-order valence-electron chi connectivity index (χ4n) is 2.86. The number of hydroxylamine groups is 1. The number of nitrogens with one attached hydrogen (secondary N) is 2. The molecule has 166 valence electrons. The molecule has 0 aliphatic carbocycles. The van der Waals surface area contributed by atoms with Gasteiger partial charge in [-0.05, 0) is 48.2 Å². The van der Waals surface area contributed by atoms with E-state index in [9.17, 15) is 14.7 Å². The van der Waals surface area contributed by atoms with E-state index >= 15 is 0 Å². The van der Waals surface area contributed by atoms with Gasteiger partial charge in [-0.25, -0.2) is 10.3 Å². The first-order valence-corrected chi connectivity index (χ1v) is 10.5. The Hall–Kier alpha value is -3.17. The van der Waals surface area contributed by atoms with Gasteiger partial charge in [0.15, 0.2) is 11.5 Å². The average Bonchev–Trinajstić information content (AvgIpc) is 2.76. The Bertz CT molecular complexity index is 944. The molecular weight excluding hydrogens is 420 g/mol. The summed E-state index contributed by atoms with van der Waals surface area (Å²) < 4.78 is 10.8. The third-order valence-corrected chi connectivity index (χ3v) is 5.26. The van der Waals surface area contributed by atoms with E-state index in [1.807, 2.05) is 18.4 Å². The molecule has 0 saturated carbocycles. The van der Waals surface area contributed by atoms with Crippen LogP contribution >= 0.6 is 11.8 Å². The van der Waals surface area contributed by atoms with E-state index in [4.69, 9.17) is 14.7 Å². The maximum Gasteiger partial charge on any atom is 0.412 e. The van der Waals surface area contributed by atoms with Crippen LogP contribution < -0.4 is 15.5 Å². The number of phenolic OH excluding ortho intramolecular Hbond substituents is 1. The van der Waals surface area contributed by atoms with E-state index in [-0.39, 0.29) is 11.5 Å². The summed E-state index contributed by atoms with van der Waals surface area (Å²) in [6.07, 6.45) is 3.02. The minimum Gasteiger partial charge on any atom is -0.504 e. The molecule has 2 aromatic rings. The van der Waals surface area contributed by atoms with Crippen molar-refractivity contribution in [2.45, 2.75) is 24.8 Å². The lowest BCUT2D eigenvalue weighted by Gasteiger charge is -2.32. The van der Waals surface area contributed by atoms with Crippen molar-refractivity contribution in [3.05, 3.63) is 60.2 Å². The van der Waals surface area contributed by atoms with Gasteiger partial charge in [0, 0.05) is 22.1 Å². The van der Waals surface area contributed by atoms with Crippen LogP contribution in [0.3, 0.4) is 0 Å². The van der Waals surface area contributed by atoms with Gasteiger partial charge in [0.2, 0.25) is 0 Å². The predicted molar refractivity (Wildman–Crippen MR) is 119 cm³/mol. The Balaban J connectivity index is 2.31. The summed E-state index contributed by atoms with van der Waals surface area (Å²) in [4.78, 5) is 25.1. The number of ether oxygens (including phenoxy) is 2. The number of phenols is 1. The predicted octanol–water partition coefficient (Wildman–Crippen LogP) is 4.50. The number of methoxy groups -OCH3 is 1. The van der Waals surface area contributed by atoms with Crippen LogP contribution in [0.5, 0.6) is 11.5 Å². The smallest absolute Gasteiger partial charge is 0.412 e. The van der Waals surface area contributed by atoms with Crippen molar-refractivity contribution in [3.8, 4) is 11.5 Å². The molecule has 0 aliphatic rings. The highest BCUT2D eigenvalue weighted by molar-refractivity contribution is 7.98. The molecule has 31 heavy (non-hydrogen) atoms. The fourth-order valence-corrected chi connectivity index (χ4v) is 3.27. The van der Waals surface area contributed by atoms with Crippen LogP contribution in [0.15, 0.2) is 59.5 Å². The third kappa shape index (κ3) is 6.66. The number of aromatic hydroxyl groups is 1. The zero-order valence-corrected chi connectivity index (χ0v) is 18.5. The van der Waals surface area contributed by atoms with Gasteiger partial charge in [-0.2, -0.15) is 0 Å². The Kier molecular flexibility index (Phi) is 8.35. The molecule has 4 N–H and O–H groups in total. The zero-order chi connectivity index (χ0) is 23.0. The monoisotopic (exact) mass is 446 g/mol. The van der Waals surface area contributed by atoms with Gasteiger partial charge in [0.05, 0.1) is 7.11 Å². The molecule has 2 amide bonds. The summed E-state index contributed by atoms with van der Waals surface area (Å²) in [7, 11) is 1.43.